The van der Waals surface area contributed by atoms with Gasteiger partial charge in [-0.1, -0.05) is 41.9 Å². The van der Waals surface area contributed by atoms with Crippen molar-refractivity contribution in [2.75, 3.05) is 19.7 Å². The highest BCUT2D eigenvalue weighted by Crippen LogP contribution is 2.15. The Morgan fingerprint density at radius 1 is 0.920 bits per heavy atom. The summed E-state index contributed by atoms with van der Waals surface area (Å²) in [7, 11) is 0. The Balaban J connectivity index is 1.53. The highest BCUT2D eigenvalue weighted by Gasteiger charge is 2.04. The van der Waals surface area contributed by atoms with Crippen LogP contribution >= 0.6 is 11.6 Å². The molecule has 2 rings (SSSR count). The van der Waals surface area contributed by atoms with Gasteiger partial charge in [0.05, 0.1) is 0 Å². The van der Waals surface area contributed by atoms with Gasteiger partial charge in [0.25, 0.3) is 5.91 Å². The smallest absolute Gasteiger partial charge is 0.407 e. The van der Waals surface area contributed by atoms with E-state index in [4.69, 9.17) is 21.1 Å². The lowest BCUT2D eigenvalue weighted by molar-refractivity contribution is -0.123. The quantitative estimate of drug-likeness (QED) is 0.708. The van der Waals surface area contributed by atoms with E-state index in [-0.39, 0.29) is 32.2 Å². The second-order valence-corrected chi connectivity index (χ2v) is 5.52. The molecule has 2 N–H and O–H groups in total. The third kappa shape index (κ3) is 7.58. The molecule has 0 saturated heterocycles. The van der Waals surface area contributed by atoms with E-state index in [0.717, 1.165) is 5.56 Å². The van der Waals surface area contributed by atoms with Crippen molar-refractivity contribution >= 4 is 23.6 Å². The molecule has 0 spiro atoms. The molecule has 2 aromatic rings. The van der Waals surface area contributed by atoms with Crippen LogP contribution in [0.5, 0.6) is 5.75 Å². The SMILES string of the molecule is O=C(COc1ccc(Cl)cc1)NCCNC(=O)OCc1ccccc1. The van der Waals surface area contributed by atoms with Crippen molar-refractivity contribution in [2.24, 2.45) is 0 Å². The van der Waals surface area contributed by atoms with Gasteiger partial charge in [0.15, 0.2) is 6.61 Å². The number of benzene rings is 2. The first-order valence-corrected chi connectivity index (χ1v) is 8.11. The zero-order valence-electron chi connectivity index (χ0n) is 13.5. The van der Waals surface area contributed by atoms with E-state index in [1.54, 1.807) is 24.3 Å². The molecule has 132 valence electrons. The van der Waals surface area contributed by atoms with Crippen LogP contribution in [0.2, 0.25) is 5.02 Å². The van der Waals surface area contributed by atoms with Gasteiger partial charge < -0.3 is 20.1 Å². The molecule has 2 aromatic carbocycles. The Bertz CT molecular complexity index is 677. The first kappa shape index (κ1) is 18.6. The van der Waals surface area contributed by atoms with Crippen molar-refractivity contribution in [3.8, 4) is 5.75 Å². The van der Waals surface area contributed by atoms with Crippen molar-refractivity contribution in [2.45, 2.75) is 6.61 Å². The predicted molar refractivity (Wildman–Crippen MR) is 94.6 cm³/mol. The van der Waals surface area contributed by atoms with E-state index < -0.39 is 6.09 Å². The molecule has 0 aromatic heterocycles. The average molecular weight is 363 g/mol. The maximum Gasteiger partial charge on any atom is 0.407 e. The standard InChI is InChI=1S/C18H19ClN2O4/c19-15-6-8-16(9-7-15)24-13-17(22)20-10-11-21-18(23)25-12-14-4-2-1-3-5-14/h1-9H,10-13H2,(H,20,22)(H,21,23). The van der Waals surface area contributed by atoms with Crippen LogP contribution in [0.3, 0.4) is 0 Å². The number of ether oxygens (including phenoxy) is 2. The van der Waals surface area contributed by atoms with Crippen molar-refractivity contribution in [3.05, 3.63) is 65.2 Å². The minimum atomic E-state index is -0.532. The zero-order chi connectivity index (χ0) is 17.9. The summed E-state index contributed by atoms with van der Waals surface area (Å²) in [6, 6.07) is 16.1. The van der Waals surface area contributed by atoms with Crippen LogP contribution in [0.25, 0.3) is 0 Å². The molecule has 6 nitrogen and oxygen atoms in total. The minimum absolute atomic E-state index is 0.111. The number of rotatable bonds is 8. The molecule has 25 heavy (non-hydrogen) atoms. The Morgan fingerprint density at radius 2 is 1.60 bits per heavy atom. The van der Waals surface area contributed by atoms with E-state index in [0.29, 0.717) is 10.8 Å². The first-order valence-electron chi connectivity index (χ1n) is 7.73. The molecule has 2 amide bonds. The fourth-order valence-electron chi connectivity index (χ4n) is 1.87. The number of alkyl carbamates (subject to hydrolysis) is 1. The molecule has 0 aliphatic carbocycles. The number of hydrogen-bond acceptors (Lipinski definition) is 4. The van der Waals surface area contributed by atoms with E-state index in [2.05, 4.69) is 10.6 Å². The number of nitrogens with one attached hydrogen (secondary N) is 2. The van der Waals surface area contributed by atoms with Crippen LogP contribution < -0.4 is 15.4 Å². The molecule has 0 fully saturated rings. The minimum Gasteiger partial charge on any atom is -0.484 e. The number of amides is 2. The molecule has 0 heterocycles. The van der Waals surface area contributed by atoms with E-state index in [1.807, 2.05) is 30.3 Å². The second-order valence-electron chi connectivity index (χ2n) is 5.08. The summed E-state index contributed by atoms with van der Waals surface area (Å²) < 4.78 is 10.4. The third-order valence-electron chi connectivity index (χ3n) is 3.11. The fourth-order valence-corrected chi connectivity index (χ4v) is 2.00. The van der Waals surface area contributed by atoms with Crippen LogP contribution in [0, 0.1) is 0 Å². The normalized spacial score (nSPS) is 9.96. The number of halogens is 1. The van der Waals surface area contributed by atoms with Crippen molar-refractivity contribution in [3.63, 3.8) is 0 Å². The first-order chi connectivity index (χ1) is 12.1. The topological polar surface area (TPSA) is 76.7 Å². The molecule has 0 radical (unpaired) electrons. The van der Waals surface area contributed by atoms with Crippen LogP contribution in [-0.2, 0) is 16.1 Å². The summed E-state index contributed by atoms with van der Waals surface area (Å²) >= 11 is 5.76. The Morgan fingerprint density at radius 3 is 2.32 bits per heavy atom. The molecule has 0 unspecified atom stereocenters. The molecule has 0 bridgehead atoms. The summed E-state index contributed by atoms with van der Waals surface area (Å²) in [5.41, 5.74) is 0.908. The summed E-state index contributed by atoms with van der Waals surface area (Å²) in [5.74, 6) is 0.275. The van der Waals surface area contributed by atoms with Crippen LogP contribution in [0.4, 0.5) is 4.79 Å². The summed E-state index contributed by atoms with van der Waals surface area (Å²) in [4.78, 5) is 23.2. The molecular formula is C18H19ClN2O4. The number of hydrogen-bond donors (Lipinski definition) is 2. The number of carbonyl (C=O) groups is 2. The van der Waals surface area contributed by atoms with Gasteiger partial charge in [-0.05, 0) is 29.8 Å². The molecule has 0 saturated carbocycles. The largest absolute Gasteiger partial charge is 0.484 e. The zero-order valence-corrected chi connectivity index (χ0v) is 14.3. The fraction of sp³-hybridized carbons (Fsp3) is 0.222. The Hall–Kier alpha value is -2.73. The molecule has 7 heteroatoms. The van der Waals surface area contributed by atoms with Gasteiger partial charge in [0.2, 0.25) is 0 Å². The molecule has 0 aliphatic heterocycles. The van der Waals surface area contributed by atoms with Crippen LogP contribution in [0.15, 0.2) is 54.6 Å². The monoisotopic (exact) mass is 362 g/mol. The molecular weight excluding hydrogens is 344 g/mol. The molecule has 0 atom stereocenters. The second kappa shape index (κ2) is 10.2. The predicted octanol–water partition coefficient (Wildman–Crippen LogP) is 2.76. The van der Waals surface area contributed by atoms with Gasteiger partial charge in [0.1, 0.15) is 12.4 Å². The van der Waals surface area contributed by atoms with Crippen molar-refractivity contribution in [1.82, 2.24) is 10.6 Å². The van der Waals surface area contributed by atoms with Crippen LogP contribution in [-0.4, -0.2) is 31.7 Å². The highest BCUT2D eigenvalue weighted by atomic mass is 35.5. The Labute approximate surface area is 151 Å². The lowest BCUT2D eigenvalue weighted by Crippen LogP contribution is -2.36. The van der Waals surface area contributed by atoms with Gasteiger partial charge in [-0.3, -0.25) is 4.79 Å². The third-order valence-corrected chi connectivity index (χ3v) is 3.36. The van der Waals surface area contributed by atoms with Gasteiger partial charge >= 0.3 is 6.09 Å². The van der Waals surface area contributed by atoms with Gasteiger partial charge in [-0.2, -0.15) is 0 Å². The van der Waals surface area contributed by atoms with E-state index in [9.17, 15) is 9.59 Å². The van der Waals surface area contributed by atoms with Crippen molar-refractivity contribution in [1.29, 1.82) is 0 Å². The highest BCUT2D eigenvalue weighted by molar-refractivity contribution is 6.30. The summed E-state index contributed by atoms with van der Waals surface area (Å²) in [6.45, 7) is 0.637. The maximum absolute atomic E-state index is 11.6. The Kier molecular flexibility index (Phi) is 7.59. The summed E-state index contributed by atoms with van der Waals surface area (Å²) in [6.07, 6.45) is -0.532. The lowest BCUT2D eigenvalue weighted by Gasteiger charge is -2.09. The van der Waals surface area contributed by atoms with E-state index >= 15 is 0 Å². The van der Waals surface area contributed by atoms with E-state index in [1.165, 1.54) is 0 Å². The van der Waals surface area contributed by atoms with Gasteiger partial charge in [-0.15, -0.1) is 0 Å². The average Bonchev–Trinajstić information content (AvgIpc) is 2.64. The molecule has 0 aliphatic rings. The van der Waals surface area contributed by atoms with Gasteiger partial charge in [-0.25, -0.2) is 4.79 Å². The number of carbonyl (C=O) groups excluding carboxylic acids is 2. The van der Waals surface area contributed by atoms with Crippen LogP contribution in [0.1, 0.15) is 5.56 Å². The van der Waals surface area contributed by atoms with Crippen molar-refractivity contribution < 1.29 is 19.1 Å². The maximum atomic E-state index is 11.6. The summed E-state index contributed by atoms with van der Waals surface area (Å²) in [5, 5.41) is 5.79. The lowest BCUT2D eigenvalue weighted by atomic mass is 10.2. The van der Waals surface area contributed by atoms with Gasteiger partial charge in [0, 0.05) is 18.1 Å².